The van der Waals surface area contributed by atoms with Crippen molar-refractivity contribution in [1.29, 1.82) is 0 Å². The van der Waals surface area contributed by atoms with Crippen molar-refractivity contribution in [3.63, 3.8) is 0 Å². The lowest BCUT2D eigenvalue weighted by molar-refractivity contribution is 0.0681. The minimum Gasteiger partial charge on any atom is -0.477 e. The van der Waals surface area contributed by atoms with Gasteiger partial charge in [0.05, 0.1) is 5.69 Å². The highest BCUT2D eigenvalue weighted by atomic mass is 16.4. The number of hydrogen-bond acceptors (Lipinski definition) is 3. The number of nitrogens with zero attached hydrogens (tertiary/aromatic N) is 3. The van der Waals surface area contributed by atoms with Crippen LogP contribution in [0.3, 0.4) is 0 Å². The van der Waals surface area contributed by atoms with Crippen LogP contribution in [-0.2, 0) is 0 Å². The van der Waals surface area contributed by atoms with E-state index in [1.54, 1.807) is 30.6 Å². The van der Waals surface area contributed by atoms with Gasteiger partial charge in [-0.05, 0) is 32.0 Å². The van der Waals surface area contributed by atoms with E-state index in [-0.39, 0.29) is 11.7 Å². The van der Waals surface area contributed by atoms with E-state index in [9.17, 15) is 4.79 Å². The first-order valence-electron chi connectivity index (χ1n) is 5.33. The summed E-state index contributed by atoms with van der Waals surface area (Å²) in [5.74, 6) is -0.966. The molecule has 2 rings (SSSR count). The van der Waals surface area contributed by atoms with Crippen LogP contribution in [0.4, 0.5) is 0 Å². The van der Waals surface area contributed by atoms with Gasteiger partial charge in [0.25, 0.3) is 0 Å². The molecule has 0 aromatic carbocycles. The van der Waals surface area contributed by atoms with Gasteiger partial charge >= 0.3 is 5.97 Å². The summed E-state index contributed by atoms with van der Waals surface area (Å²) in [6.07, 6.45) is 3.31. The predicted octanol–water partition coefficient (Wildman–Crippen LogP) is 2.22. The minimum atomic E-state index is -0.966. The largest absolute Gasteiger partial charge is 0.477 e. The zero-order chi connectivity index (χ0) is 12.4. The fourth-order valence-corrected chi connectivity index (χ4v) is 1.61. The summed E-state index contributed by atoms with van der Waals surface area (Å²) in [6, 6.07) is 5.20. The molecule has 0 aliphatic rings. The van der Waals surface area contributed by atoms with Crippen LogP contribution < -0.4 is 0 Å². The summed E-state index contributed by atoms with van der Waals surface area (Å²) in [5, 5.41) is 13.4. The van der Waals surface area contributed by atoms with Gasteiger partial charge in [-0.2, -0.15) is 5.10 Å². The second-order valence-corrected chi connectivity index (χ2v) is 3.99. The van der Waals surface area contributed by atoms with Crippen molar-refractivity contribution in [2.24, 2.45) is 0 Å². The maximum Gasteiger partial charge on any atom is 0.354 e. The minimum absolute atomic E-state index is 0.0108. The van der Waals surface area contributed by atoms with Crippen LogP contribution in [0, 0.1) is 0 Å². The molecular formula is C12H13N3O2. The number of carboxylic acid groups (broad SMARTS) is 1. The van der Waals surface area contributed by atoms with Gasteiger partial charge in [-0.3, -0.25) is 9.67 Å². The highest BCUT2D eigenvalue weighted by Crippen LogP contribution is 2.20. The molecule has 88 valence electrons. The third kappa shape index (κ3) is 2.18. The molecule has 2 aromatic rings. The number of carboxylic acids is 1. The molecule has 0 bridgehead atoms. The Balaban J connectivity index is 2.51. The van der Waals surface area contributed by atoms with Gasteiger partial charge in [0.15, 0.2) is 0 Å². The molecule has 0 saturated carbocycles. The Hall–Kier alpha value is -2.17. The molecule has 0 aliphatic heterocycles. The number of pyridine rings is 1. The van der Waals surface area contributed by atoms with Gasteiger partial charge < -0.3 is 5.11 Å². The summed E-state index contributed by atoms with van der Waals surface area (Å²) >= 11 is 0. The van der Waals surface area contributed by atoms with Crippen LogP contribution in [0.2, 0.25) is 0 Å². The summed E-state index contributed by atoms with van der Waals surface area (Å²) in [5.41, 5.74) is 1.72. The number of carbonyl (C=O) groups is 1. The smallest absolute Gasteiger partial charge is 0.354 e. The van der Waals surface area contributed by atoms with E-state index in [4.69, 9.17) is 5.11 Å². The van der Waals surface area contributed by atoms with Crippen molar-refractivity contribution in [3.05, 3.63) is 36.3 Å². The maximum absolute atomic E-state index is 11.1. The van der Waals surface area contributed by atoms with Gasteiger partial charge in [0.1, 0.15) is 5.69 Å². The van der Waals surface area contributed by atoms with Gasteiger partial charge in [0, 0.05) is 24.0 Å². The highest BCUT2D eigenvalue weighted by Gasteiger charge is 2.16. The molecule has 0 spiro atoms. The molecule has 5 nitrogen and oxygen atoms in total. The van der Waals surface area contributed by atoms with Crippen molar-refractivity contribution in [2.45, 2.75) is 19.9 Å². The topological polar surface area (TPSA) is 68.0 Å². The van der Waals surface area contributed by atoms with Gasteiger partial charge in [-0.15, -0.1) is 0 Å². The second-order valence-electron chi connectivity index (χ2n) is 3.99. The zero-order valence-corrected chi connectivity index (χ0v) is 9.66. The van der Waals surface area contributed by atoms with Crippen LogP contribution >= 0.6 is 0 Å². The first-order valence-corrected chi connectivity index (χ1v) is 5.33. The lowest BCUT2D eigenvalue weighted by atomic mass is 10.2. The number of hydrogen-bond donors (Lipinski definition) is 1. The van der Waals surface area contributed by atoms with E-state index in [0.717, 1.165) is 5.56 Å². The van der Waals surface area contributed by atoms with E-state index in [1.165, 1.54) is 4.68 Å². The second kappa shape index (κ2) is 4.37. The lowest BCUT2D eigenvalue weighted by Crippen LogP contribution is -2.11. The molecule has 2 heterocycles. The van der Waals surface area contributed by atoms with Crippen molar-refractivity contribution < 1.29 is 9.90 Å². The van der Waals surface area contributed by atoms with E-state index in [2.05, 4.69) is 10.1 Å². The Morgan fingerprint density at radius 1 is 1.35 bits per heavy atom. The molecule has 0 unspecified atom stereocenters. The summed E-state index contributed by atoms with van der Waals surface area (Å²) < 4.78 is 1.51. The van der Waals surface area contributed by atoms with Crippen LogP contribution in [0.25, 0.3) is 11.3 Å². The number of aromatic carboxylic acids is 1. The Labute approximate surface area is 98.7 Å². The van der Waals surface area contributed by atoms with Crippen molar-refractivity contribution in [2.75, 3.05) is 0 Å². The van der Waals surface area contributed by atoms with E-state index >= 15 is 0 Å². The molecule has 0 amide bonds. The molecule has 0 radical (unpaired) electrons. The van der Waals surface area contributed by atoms with Crippen molar-refractivity contribution >= 4 is 5.97 Å². The molecule has 0 saturated heterocycles. The molecule has 1 N–H and O–H groups in total. The van der Waals surface area contributed by atoms with Gasteiger partial charge in [0.2, 0.25) is 0 Å². The first-order chi connectivity index (χ1) is 8.09. The number of rotatable bonds is 3. The standard InChI is InChI=1S/C12H13N3O2/c1-8(2)15-11(12(16)17)7-10(14-15)9-3-5-13-6-4-9/h3-8H,1-2H3,(H,16,17). The molecule has 0 atom stereocenters. The van der Waals surface area contributed by atoms with Crippen LogP contribution in [0.1, 0.15) is 30.4 Å². The quantitative estimate of drug-likeness (QED) is 0.879. The highest BCUT2D eigenvalue weighted by molar-refractivity contribution is 5.87. The average Bonchev–Trinajstić information content (AvgIpc) is 2.75. The first kappa shape index (κ1) is 11.3. The lowest BCUT2D eigenvalue weighted by Gasteiger charge is -2.07. The van der Waals surface area contributed by atoms with Crippen molar-refractivity contribution in [3.8, 4) is 11.3 Å². The Bertz CT molecular complexity index is 532. The zero-order valence-electron chi connectivity index (χ0n) is 9.66. The molecule has 17 heavy (non-hydrogen) atoms. The van der Waals surface area contributed by atoms with Gasteiger partial charge in [-0.25, -0.2) is 4.79 Å². The fraction of sp³-hybridized carbons (Fsp3) is 0.250. The monoisotopic (exact) mass is 231 g/mol. The van der Waals surface area contributed by atoms with Crippen LogP contribution in [-0.4, -0.2) is 25.8 Å². The maximum atomic E-state index is 11.1. The van der Waals surface area contributed by atoms with Crippen LogP contribution in [0.5, 0.6) is 0 Å². The SMILES string of the molecule is CC(C)n1nc(-c2ccncc2)cc1C(=O)O. The molecule has 2 aromatic heterocycles. The third-order valence-corrected chi connectivity index (χ3v) is 2.42. The molecular weight excluding hydrogens is 218 g/mol. The van der Waals surface area contributed by atoms with Crippen molar-refractivity contribution in [1.82, 2.24) is 14.8 Å². The third-order valence-electron chi connectivity index (χ3n) is 2.42. The fourth-order valence-electron chi connectivity index (χ4n) is 1.61. The van der Waals surface area contributed by atoms with E-state index in [1.807, 2.05) is 13.8 Å². The Morgan fingerprint density at radius 3 is 2.47 bits per heavy atom. The molecule has 0 fully saturated rings. The normalized spacial score (nSPS) is 10.8. The van der Waals surface area contributed by atoms with Crippen LogP contribution in [0.15, 0.2) is 30.6 Å². The summed E-state index contributed by atoms with van der Waals surface area (Å²) in [7, 11) is 0. The predicted molar refractivity (Wildman–Crippen MR) is 62.8 cm³/mol. The average molecular weight is 231 g/mol. The summed E-state index contributed by atoms with van der Waals surface area (Å²) in [6.45, 7) is 3.80. The van der Waals surface area contributed by atoms with E-state index in [0.29, 0.717) is 5.69 Å². The number of aromatic nitrogens is 3. The Morgan fingerprint density at radius 2 is 2.00 bits per heavy atom. The Kier molecular flexibility index (Phi) is 2.91. The van der Waals surface area contributed by atoms with E-state index < -0.39 is 5.97 Å². The van der Waals surface area contributed by atoms with Gasteiger partial charge in [-0.1, -0.05) is 0 Å². The molecule has 0 aliphatic carbocycles. The molecule has 5 heteroatoms. The summed E-state index contributed by atoms with van der Waals surface area (Å²) in [4.78, 5) is 15.0.